The van der Waals surface area contributed by atoms with Crippen LogP contribution in [-0.2, 0) is 9.47 Å². The predicted octanol–water partition coefficient (Wildman–Crippen LogP) is 4.84. The number of nitrogens with one attached hydrogen (secondary N) is 2. The molecular formula is C24H53N3O2. The number of hydrogen-bond donors (Lipinski definition) is 3. The molecule has 5 heteroatoms. The van der Waals surface area contributed by atoms with Crippen LogP contribution in [0.5, 0.6) is 0 Å². The van der Waals surface area contributed by atoms with E-state index in [-0.39, 0.29) is 0 Å². The van der Waals surface area contributed by atoms with Gasteiger partial charge in [-0.25, -0.2) is 0 Å². The maximum atomic E-state index is 6.15. The maximum absolute atomic E-state index is 6.15. The fraction of sp³-hybridized carbons (Fsp3) is 1.00. The Morgan fingerprint density at radius 2 is 1.28 bits per heavy atom. The molecule has 0 aromatic carbocycles. The van der Waals surface area contributed by atoms with Crippen molar-refractivity contribution in [1.29, 1.82) is 0 Å². The first kappa shape index (κ1) is 28.8. The lowest BCUT2D eigenvalue weighted by molar-refractivity contribution is -0.230. The molecule has 0 saturated carbocycles. The molecule has 5 nitrogen and oxygen atoms in total. The van der Waals surface area contributed by atoms with Crippen LogP contribution in [0.25, 0.3) is 0 Å². The van der Waals surface area contributed by atoms with Gasteiger partial charge in [-0.3, -0.25) is 0 Å². The summed E-state index contributed by atoms with van der Waals surface area (Å²) in [5.41, 5.74) is 5.47. The Labute approximate surface area is 182 Å². The predicted molar refractivity (Wildman–Crippen MR) is 126 cm³/mol. The van der Waals surface area contributed by atoms with Gasteiger partial charge in [-0.05, 0) is 64.6 Å². The Kier molecular flexibility index (Phi) is 20.9. The van der Waals surface area contributed by atoms with E-state index in [2.05, 4.69) is 38.3 Å². The van der Waals surface area contributed by atoms with E-state index in [0.717, 1.165) is 77.5 Å². The maximum Gasteiger partial charge on any atom is 0.165 e. The molecule has 0 aromatic heterocycles. The topological polar surface area (TPSA) is 68.5 Å². The molecule has 0 saturated heterocycles. The summed E-state index contributed by atoms with van der Waals surface area (Å²) in [6.07, 6.45) is 13.1. The van der Waals surface area contributed by atoms with Crippen molar-refractivity contribution < 1.29 is 9.47 Å². The van der Waals surface area contributed by atoms with Crippen LogP contribution in [0.1, 0.15) is 98.3 Å². The summed E-state index contributed by atoms with van der Waals surface area (Å²) in [6.45, 7) is 15.5. The van der Waals surface area contributed by atoms with E-state index >= 15 is 0 Å². The van der Waals surface area contributed by atoms with Crippen molar-refractivity contribution in [3.05, 3.63) is 0 Å². The van der Waals surface area contributed by atoms with Crippen molar-refractivity contribution in [3.63, 3.8) is 0 Å². The largest absolute Gasteiger partial charge is 0.350 e. The molecule has 1 atom stereocenters. The Hall–Kier alpha value is -0.200. The average Bonchev–Trinajstić information content (AvgIpc) is 2.68. The summed E-state index contributed by atoms with van der Waals surface area (Å²) in [5, 5.41) is 6.88. The van der Waals surface area contributed by atoms with Gasteiger partial charge < -0.3 is 25.8 Å². The molecule has 0 rings (SSSR count). The van der Waals surface area contributed by atoms with Crippen LogP contribution < -0.4 is 16.4 Å². The molecule has 1 unspecified atom stereocenters. The van der Waals surface area contributed by atoms with Crippen LogP contribution in [0.3, 0.4) is 0 Å². The van der Waals surface area contributed by atoms with Crippen molar-refractivity contribution in [2.75, 3.05) is 45.9 Å². The highest BCUT2D eigenvalue weighted by Crippen LogP contribution is 2.21. The molecule has 0 heterocycles. The molecule has 176 valence electrons. The Morgan fingerprint density at radius 3 is 1.76 bits per heavy atom. The van der Waals surface area contributed by atoms with Crippen LogP contribution in [0.2, 0.25) is 0 Å². The van der Waals surface area contributed by atoms with Gasteiger partial charge in [0.2, 0.25) is 0 Å². The zero-order chi connectivity index (χ0) is 21.6. The van der Waals surface area contributed by atoms with Crippen molar-refractivity contribution in [1.82, 2.24) is 10.6 Å². The molecule has 0 fully saturated rings. The second-order valence-corrected chi connectivity index (χ2v) is 8.88. The molecule has 4 N–H and O–H groups in total. The summed E-state index contributed by atoms with van der Waals surface area (Å²) < 4.78 is 12.3. The van der Waals surface area contributed by atoms with E-state index in [0.29, 0.717) is 0 Å². The molecule has 0 bridgehead atoms. The quantitative estimate of drug-likeness (QED) is 0.165. The molecule has 0 spiro atoms. The standard InChI is InChI=1S/C24H53N3O2/c1-5-15-24(4,29-22-13-9-7-11-18-27-20-16-25)28-21-12-8-6-10-17-26-19-14-23(2)3/h23,26-27H,5-22,25H2,1-4H3. The van der Waals surface area contributed by atoms with Gasteiger partial charge in [-0.2, -0.15) is 0 Å². The Morgan fingerprint density at radius 1 is 0.759 bits per heavy atom. The number of nitrogens with two attached hydrogens (primary N) is 1. The van der Waals surface area contributed by atoms with Crippen LogP contribution >= 0.6 is 0 Å². The van der Waals surface area contributed by atoms with Crippen molar-refractivity contribution in [3.8, 4) is 0 Å². The van der Waals surface area contributed by atoms with Crippen molar-refractivity contribution in [2.24, 2.45) is 11.7 Å². The molecule has 0 aliphatic rings. The first-order chi connectivity index (χ1) is 14.0. The Balaban J connectivity index is 3.62. The lowest BCUT2D eigenvalue weighted by atomic mass is 10.1. The van der Waals surface area contributed by atoms with Gasteiger partial charge in [0.1, 0.15) is 0 Å². The van der Waals surface area contributed by atoms with E-state index in [1.165, 1.54) is 44.9 Å². The fourth-order valence-electron chi connectivity index (χ4n) is 3.37. The zero-order valence-electron chi connectivity index (χ0n) is 20.2. The third kappa shape index (κ3) is 20.8. The van der Waals surface area contributed by atoms with Gasteiger partial charge in [-0.15, -0.1) is 0 Å². The van der Waals surface area contributed by atoms with E-state index in [1.54, 1.807) is 0 Å². The van der Waals surface area contributed by atoms with Gasteiger partial charge in [0.15, 0.2) is 5.79 Å². The summed E-state index contributed by atoms with van der Waals surface area (Å²) >= 11 is 0. The van der Waals surface area contributed by atoms with Crippen LogP contribution in [-0.4, -0.2) is 51.7 Å². The van der Waals surface area contributed by atoms with Crippen LogP contribution in [0.15, 0.2) is 0 Å². The average molecular weight is 416 g/mol. The minimum absolute atomic E-state index is 0.407. The summed E-state index contributed by atoms with van der Waals surface area (Å²) in [6, 6.07) is 0. The van der Waals surface area contributed by atoms with Crippen molar-refractivity contribution >= 4 is 0 Å². The van der Waals surface area contributed by atoms with E-state index < -0.39 is 5.79 Å². The third-order valence-electron chi connectivity index (χ3n) is 5.23. The minimum Gasteiger partial charge on any atom is -0.350 e. The van der Waals surface area contributed by atoms with Crippen LogP contribution in [0, 0.1) is 5.92 Å². The normalized spacial score (nSPS) is 13.9. The van der Waals surface area contributed by atoms with E-state index in [9.17, 15) is 0 Å². The lowest BCUT2D eigenvalue weighted by Crippen LogP contribution is -2.33. The SMILES string of the molecule is CCCC(C)(OCCCCCCNCCN)OCCCCCCNCCC(C)C. The highest BCUT2D eigenvalue weighted by Gasteiger charge is 2.24. The number of ether oxygens (including phenoxy) is 2. The lowest BCUT2D eigenvalue weighted by Gasteiger charge is -2.30. The first-order valence-electron chi connectivity index (χ1n) is 12.4. The summed E-state index contributed by atoms with van der Waals surface area (Å²) in [4.78, 5) is 0. The number of hydrogen-bond acceptors (Lipinski definition) is 5. The zero-order valence-corrected chi connectivity index (χ0v) is 20.2. The van der Waals surface area contributed by atoms with Gasteiger partial charge in [0.25, 0.3) is 0 Å². The van der Waals surface area contributed by atoms with Crippen molar-refractivity contribution in [2.45, 2.75) is 104 Å². The smallest absolute Gasteiger partial charge is 0.165 e. The molecule has 0 aromatic rings. The fourth-order valence-corrected chi connectivity index (χ4v) is 3.37. The van der Waals surface area contributed by atoms with E-state index in [4.69, 9.17) is 15.2 Å². The second kappa shape index (κ2) is 21.0. The van der Waals surface area contributed by atoms with Gasteiger partial charge in [-0.1, -0.05) is 52.9 Å². The van der Waals surface area contributed by atoms with Gasteiger partial charge in [0, 0.05) is 19.5 Å². The first-order valence-corrected chi connectivity index (χ1v) is 12.4. The molecule has 0 radical (unpaired) electrons. The van der Waals surface area contributed by atoms with Gasteiger partial charge >= 0.3 is 0 Å². The summed E-state index contributed by atoms with van der Waals surface area (Å²) in [7, 11) is 0. The molecule has 29 heavy (non-hydrogen) atoms. The molecular weight excluding hydrogens is 362 g/mol. The Bertz CT molecular complexity index is 329. The highest BCUT2D eigenvalue weighted by molar-refractivity contribution is 4.63. The molecule has 0 aliphatic heterocycles. The van der Waals surface area contributed by atoms with E-state index in [1.807, 2.05) is 0 Å². The summed E-state index contributed by atoms with van der Waals surface area (Å²) in [5.74, 6) is 0.388. The molecule has 0 aliphatic carbocycles. The highest BCUT2D eigenvalue weighted by atomic mass is 16.7. The second-order valence-electron chi connectivity index (χ2n) is 8.88. The third-order valence-corrected chi connectivity index (χ3v) is 5.23. The molecule has 0 amide bonds. The van der Waals surface area contributed by atoms with Gasteiger partial charge in [0.05, 0.1) is 13.2 Å². The van der Waals surface area contributed by atoms with Crippen LogP contribution in [0.4, 0.5) is 0 Å². The monoisotopic (exact) mass is 415 g/mol. The number of unbranched alkanes of at least 4 members (excludes halogenated alkanes) is 6. The number of rotatable bonds is 23. The minimum atomic E-state index is -0.407.